The molecule has 0 aromatic carbocycles. The molecule has 5 nitrogen and oxygen atoms in total. The molecule has 1 saturated carbocycles. The molecule has 1 aliphatic carbocycles. The van der Waals surface area contributed by atoms with Crippen LogP contribution >= 0.6 is 15.9 Å². The maximum absolute atomic E-state index is 12.0. The molecule has 0 saturated heterocycles. The van der Waals surface area contributed by atoms with Crippen LogP contribution in [-0.2, 0) is 0 Å². The molecule has 1 heterocycles. The molecule has 2 N–H and O–H groups in total. The Morgan fingerprint density at radius 3 is 2.83 bits per heavy atom. The highest BCUT2D eigenvalue weighted by Gasteiger charge is 2.29. The van der Waals surface area contributed by atoms with Crippen LogP contribution in [0.4, 0.5) is 5.69 Å². The molecular formula is C12H18BrN3O2. The summed E-state index contributed by atoms with van der Waals surface area (Å²) < 4.78 is 1.89. The lowest BCUT2D eigenvalue weighted by Gasteiger charge is -2.14. The minimum Gasteiger partial charge on any atom is -0.391 e. The second kappa shape index (κ2) is 5.40. The molecule has 6 heteroatoms. The molecule has 1 atom stereocenters. The van der Waals surface area contributed by atoms with Crippen molar-refractivity contribution in [2.75, 3.05) is 11.9 Å². The lowest BCUT2D eigenvalue weighted by molar-refractivity contribution is 0.164. The SMILES string of the molecule is CC(C)n1ncc(NCC(O)C2CC2)c(Br)c1=O. The van der Waals surface area contributed by atoms with E-state index in [1.54, 1.807) is 6.20 Å². The molecule has 1 unspecified atom stereocenters. The molecule has 1 aliphatic rings. The van der Waals surface area contributed by atoms with Gasteiger partial charge in [-0.1, -0.05) is 0 Å². The van der Waals surface area contributed by atoms with Crippen molar-refractivity contribution in [1.29, 1.82) is 0 Å². The normalized spacial score (nSPS) is 16.9. The summed E-state index contributed by atoms with van der Waals surface area (Å²) in [7, 11) is 0. The third-order valence-electron chi connectivity index (χ3n) is 3.10. The van der Waals surface area contributed by atoms with Gasteiger partial charge in [0.25, 0.3) is 5.56 Å². The number of aliphatic hydroxyl groups is 1. The van der Waals surface area contributed by atoms with Crippen LogP contribution in [0.15, 0.2) is 15.5 Å². The predicted octanol–water partition coefficient (Wildman–Crippen LogP) is 1.77. The van der Waals surface area contributed by atoms with Crippen molar-refractivity contribution >= 4 is 21.6 Å². The Morgan fingerprint density at radius 1 is 1.61 bits per heavy atom. The van der Waals surface area contributed by atoms with Gasteiger partial charge in [-0.05, 0) is 48.5 Å². The van der Waals surface area contributed by atoms with E-state index in [2.05, 4.69) is 26.3 Å². The number of aliphatic hydroxyl groups excluding tert-OH is 1. The van der Waals surface area contributed by atoms with Crippen LogP contribution in [0.25, 0.3) is 0 Å². The second-order valence-corrected chi connectivity index (χ2v) is 5.79. The molecule has 1 aromatic heterocycles. The largest absolute Gasteiger partial charge is 0.391 e. The highest BCUT2D eigenvalue weighted by atomic mass is 79.9. The van der Waals surface area contributed by atoms with Gasteiger partial charge >= 0.3 is 0 Å². The summed E-state index contributed by atoms with van der Waals surface area (Å²) in [5.41, 5.74) is 0.479. The van der Waals surface area contributed by atoms with Gasteiger partial charge < -0.3 is 10.4 Å². The average molecular weight is 316 g/mol. The van der Waals surface area contributed by atoms with E-state index in [1.165, 1.54) is 4.68 Å². The van der Waals surface area contributed by atoms with Gasteiger partial charge in [0.1, 0.15) is 4.47 Å². The molecule has 18 heavy (non-hydrogen) atoms. The van der Waals surface area contributed by atoms with E-state index < -0.39 is 0 Å². The van der Waals surface area contributed by atoms with E-state index in [1.807, 2.05) is 13.8 Å². The first-order valence-electron chi connectivity index (χ1n) is 6.20. The number of hydrogen-bond donors (Lipinski definition) is 2. The molecule has 0 amide bonds. The molecule has 100 valence electrons. The summed E-state index contributed by atoms with van der Waals surface area (Å²) >= 11 is 3.28. The molecule has 1 aromatic rings. The Balaban J connectivity index is 2.09. The summed E-state index contributed by atoms with van der Waals surface area (Å²) in [5.74, 6) is 0.417. The van der Waals surface area contributed by atoms with Gasteiger partial charge in [0.05, 0.1) is 24.0 Å². The van der Waals surface area contributed by atoms with Crippen LogP contribution in [0.3, 0.4) is 0 Å². The fourth-order valence-electron chi connectivity index (χ4n) is 1.80. The van der Waals surface area contributed by atoms with Crippen LogP contribution in [0.2, 0.25) is 0 Å². The molecule has 0 spiro atoms. The van der Waals surface area contributed by atoms with E-state index in [0.717, 1.165) is 12.8 Å². The highest BCUT2D eigenvalue weighted by molar-refractivity contribution is 9.10. The molecule has 2 rings (SSSR count). The Kier molecular flexibility index (Phi) is 4.07. The minimum atomic E-state index is -0.343. The summed E-state index contributed by atoms with van der Waals surface area (Å²) in [6.45, 7) is 4.27. The summed E-state index contributed by atoms with van der Waals surface area (Å²) in [6.07, 6.45) is 3.46. The molecule has 0 radical (unpaired) electrons. The Hall–Kier alpha value is -0.880. The number of rotatable bonds is 5. The number of anilines is 1. The van der Waals surface area contributed by atoms with Crippen molar-refractivity contribution in [3.63, 3.8) is 0 Å². The van der Waals surface area contributed by atoms with Gasteiger partial charge in [-0.15, -0.1) is 0 Å². The smallest absolute Gasteiger partial charge is 0.283 e. The number of nitrogens with one attached hydrogen (secondary N) is 1. The first-order valence-corrected chi connectivity index (χ1v) is 6.99. The van der Waals surface area contributed by atoms with Crippen LogP contribution in [0.1, 0.15) is 32.7 Å². The number of hydrogen-bond acceptors (Lipinski definition) is 4. The first-order chi connectivity index (χ1) is 8.50. The van der Waals surface area contributed by atoms with Gasteiger partial charge in [-0.2, -0.15) is 5.10 Å². The summed E-state index contributed by atoms with van der Waals surface area (Å²) in [4.78, 5) is 12.0. The fourth-order valence-corrected chi connectivity index (χ4v) is 2.22. The van der Waals surface area contributed by atoms with E-state index in [0.29, 0.717) is 22.6 Å². The van der Waals surface area contributed by atoms with E-state index >= 15 is 0 Å². The predicted molar refractivity (Wildman–Crippen MR) is 73.8 cm³/mol. The zero-order chi connectivity index (χ0) is 13.3. The molecular weight excluding hydrogens is 298 g/mol. The van der Waals surface area contributed by atoms with Crippen LogP contribution in [-0.4, -0.2) is 27.5 Å². The van der Waals surface area contributed by atoms with Gasteiger partial charge in [0.15, 0.2) is 0 Å². The van der Waals surface area contributed by atoms with Crippen LogP contribution in [0.5, 0.6) is 0 Å². The topological polar surface area (TPSA) is 67.2 Å². The van der Waals surface area contributed by atoms with Crippen LogP contribution in [0, 0.1) is 5.92 Å². The Bertz CT molecular complexity index is 483. The maximum atomic E-state index is 12.0. The van der Waals surface area contributed by atoms with Crippen molar-refractivity contribution in [2.45, 2.75) is 38.8 Å². The lowest BCUT2D eigenvalue weighted by Crippen LogP contribution is -2.27. The first kappa shape index (κ1) is 13.5. The summed E-state index contributed by atoms with van der Waals surface area (Å²) in [6, 6.07) is 0.0277. The maximum Gasteiger partial charge on any atom is 0.283 e. The van der Waals surface area contributed by atoms with Gasteiger partial charge in [0.2, 0.25) is 0 Å². The van der Waals surface area contributed by atoms with Crippen molar-refractivity contribution in [2.24, 2.45) is 5.92 Å². The van der Waals surface area contributed by atoms with E-state index in [-0.39, 0.29) is 17.7 Å². The zero-order valence-electron chi connectivity index (χ0n) is 10.6. The van der Waals surface area contributed by atoms with Crippen LogP contribution < -0.4 is 10.9 Å². The average Bonchev–Trinajstić information content (AvgIpc) is 3.14. The van der Waals surface area contributed by atoms with Crippen molar-refractivity contribution < 1.29 is 5.11 Å². The van der Waals surface area contributed by atoms with Gasteiger partial charge in [-0.25, -0.2) is 4.68 Å². The van der Waals surface area contributed by atoms with Gasteiger partial charge in [0, 0.05) is 6.54 Å². The fraction of sp³-hybridized carbons (Fsp3) is 0.667. The van der Waals surface area contributed by atoms with Crippen molar-refractivity contribution in [3.05, 3.63) is 21.0 Å². The third kappa shape index (κ3) is 2.92. The Labute approximate surface area is 114 Å². The zero-order valence-corrected chi connectivity index (χ0v) is 12.1. The molecule has 0 aliphatic heterocycles. The number of halogens is 1. The number of aromatic nitrogens is 2. The van der Waals surface area contributed by atoms with Crippen molar-refractivity contribution in [3.8, 4) is 0 Å². The highest BCUT2D eigenvalue weighted by Crippen LogP contribution is 2.32. The van der Waals surface area contributed by atoms with Gasteiger partial charge in [-0.3, -0.25) is 4.79 Å². The van der Waals surface area contributed by atoms with E-state index in [9.17, 15) is 9.90 Å². The second-order valence-electron chi connectivity index (χ2n) is 5.00. The Morgan fingerprint density at radius 2 is 2.28 bits per heavy atom. The summed E-state index contributed by atoms with van der Waals surface area (Å²) in [5, 5.41) is 16.9. The molecule has 1 fully saturated rings. The van der Waals surface area contributed by atoms with E-state index in [4.69, 9.17) is 0 Å². The standard InChI is InChI=1S/C12H18BrN3O2/c1-7(2)16-12(18)11(13)9(5-15-16)14-6-10(17)8-3-4-8/h5,7-8,10,14,17H,3-4,6H2,1-2H3. The van der Waals surface area contributed by atoms with Crippen molar-refractivity contribution in [1.82, 2.24) is 9.78 Å². The molecule has 0 bridgehead atoms. The number of nitrogens with zero attached hydrogens (tertiary/aromatic N) is 2. The quantitative estimate of drug-likeness (QED) is 0.869. The minimum absolute atomic E-state index is 0.0277. The lowest BCUT2D eigenvalue weighted by atomic mass is 10.2. The monoisotopic (exact) mass is 315 g/mol. The third-order valence-corrected chi connectivity index (χ3v) is 3.87.